The number of hydrogen-bond acceptors (Lipinski definition) is 1. The van der Waals surface area contributed by atoms with Gasteiger partial charge in [-0.1, -0.05) is 28.1 Å². The molecule has 14 heavy (non-hydrogen) atoms. The quantitative estimate of drug-likeness (QED) is 0.733. The summed E-state index contributed by atoms with van der Waals surface area (Å²) in [6.07, 6.45) is 2.68. The molecule has 0 aliphatic heterocycles. The maximum absolute atomic E-state index is 5.90. The first-order valence-corrected chi connectivity index (χ1v) is 5.94. The van der Waals surface area contributed by atoms with Crippen LogP contribution in [0, 0.1) is 13.8 Å². The average Bonchev–Trinajstić information content (AvgIpc) is 2.09. The molecule has 1 aliphatic carbocycles. The molecule has 1 aromatic carbocycles. The molecule has 1 aromatic rings. The minimum atomic E-state index is 0.417. The highest BCUT2D eigenvalue weighted by molar-refractivity contribution is 9.09. The summed E-state index contributed by atoms with van der Waals surface area (Å²) in [6.45, 7) is 4.19. The van der Waals surface area contributed by atoms with E-state index in [9.17, 15) is 0 Å². The molecule has 0 unspecified atom stereocenters. The van der Waals surface area contributed by atoms with E-state index in [1.165, 1.54) is 11.1 Å². The molecule has 76 valence electrons. The number of rotatable bonds is 2. The van der Waals surface area contributed by atoms with Crippen LogP contribution in [0.15, 0.2) is 18.2 Å². The molecule has 0 radical (unpaired) electrons. The maximum Gasteiger partial charge on any atom is 0.122 e. The zero-order chi connectivity index (χ0) is 10.1. The van der Waals surface area contributed by atoms with Crippen molar-refractivity contribution < 1.29 is 4.74 Å². The molecule has 2 heteroatoms. The van der Waals surface area contributed by atoms with Crippen molar-refractivity contribution in [3.05, 3.63) is 29.3 Å². The lowest BCUT2D eigenvalue weighted by molar-refractivity contribution is 0.127. The molecule has 0 saturated heterocycles. The molecule has 0 atom stereocenters. The van der Waals surface area contributed by atoms with Crippen LogP contribution >= 0.6 is 15.9 Å². The standard InChI is InChI=1S/C12H15BrO/c1-8-3-4-9(2)12(5-8)14-11-6-10(13)7-11/h3-5,10-11H,6-7H2,1-2H3. The third-order valence-electron chi connectivity index (χ3n) is 2.67. The van der Waals surface area contributed by atoms with Crippen molar-refractivity contribution >= 4 is 15.9 Å². The number of aryl methyl sites for hydroxylation is 2. The molecular weight excluding hydrogens is 240 g/mol. The Bertz CT molecular complexity index is 329. The van der Waals surface area contributed by atoms with Gasteiger partial charge in [0.2, 0.25) is 0 Å². The molecule has 1 aliphatic rings. The average molecular weight is 255 g/mol. The van der Waals surface area contributed by atoms with Gasteiger partial charge in [0.05, 0.1) is 0 Å². The van der Waals surface area contributed by atoms with Crippen LogP contribution in [0.25, 0.3) is 0 Å². The Kier molecular flexibility index (Phi) is 2.82. The molecule has 2 rings (SSSR count). The highest BCUT2D eigenvalue weighted by atomic mass is 79.9. The Morgan fingerprint density at radius 2 is 2.00 bits per heavy atom. The number of benzene rings is 1. The molecule has 1 fully saturated rings. The Balaban J connectivity index is 2.05. The van der Waals surface area contributed by atoms with Gasteiger partial charge >= 0.3 is 0 Å². The minimum Gasteiger partial charge on any atom is -0.490 e. The second-order valence-electron chi connectivity index (χ2n) is 4.08. The van der Waals surface area contributed by atoms with Crippen LogP contribution in [0.5, 0.6) is 5.75 Å². The summed E-state index contributed by atoms with van der Waals surface area (Å²) < 4.78 is 5.90. The minimum absolute atomic E-state index is 0.417. The molecule has 0 heterocycles. The number of ether oxygens (including phenoxy) is 1. The van der Waals surface area contributed by atoms with E-state index in [1.54, 1.807) is 0 Å². The molecule has 1 saturated carbocycles. The number of hydrogen-bond donors (Lipinski definition) is 0. The molecule has 0 amide bonds. The highest BCUT2D eigenvalue weighted by Crippen LogP contribution is 2.32. The van der Waals surface area contributed by atoms with Crippen LogP contribution in [-0.2, 0) is 0 Å². The molecule has 0 spiro atoms. The first-order valence-electron chi connectivity index (χ1n) is 5.03. The zero-order valence-corrected chi connectivity index (χ0v) is 10.2. The van der Waals surface area contributed by atoms with Crippen LogP contribution in [0.2, 0.25) is 0 Å². The maximum atomic E-state index is 5.90. The second-order valence-corrected chi connectivity index (χ2v) is 5.37. The molecule has 1 nitrogen and oxygen atoms in total. The van der Waals surface area contributed by atoms with E-state index in [1.807, 2.05) is 0 Å². The third kappa shape index (κ3) is 2.11. The van der Waals surface area contributed by atoms with Gasteiger partial charge in [-0.15, -0.1) is 0 Å². The van der Waals surface area contributed by atoms with Gasteiger partial charge < -0.3 is 4.74 Å². The Morgan fingerprint density at radius 1 is 1.29 bits per heavy atom. The topological polar surface area (TPSA) is 9.23 Å². The lowest BCUT2D eigenvalue weighted by Crippen LogP contribution is -2.34. The van der Waals surface area contributed by atoms with Crippen molar-refractivity contribution in [3.8, 4) is 5.75 Å². The van der Waals surface area contributed by atoms with Crippen molar-refractivity contribution in [2.45, 2.75) is 37.6 Å². The highest BCUT2D eigenvalue weighted by Gasteiger charge is 2.28. The fourth-order valence-electron chi connectivity index (χ4n) is 1.61. The Hall–Kier alpha value is -0.500. The molecule has 0 bridgehead atoms. The smallest absolute Gasteiger partial charge is 0.122 e. The summed E-state index contributed by atoms with van der Waals surface area (Å²) in [5.74, 6) is 1.05. The lowest BCUT2D eigenvalue weighted by Gasteiger charge is -2.32. The zero-order valence-electron chi connectivity index (χ0n) is 8.59. The second kappa shape index (κ2) is 3.93. The number of alkyl halides is 1. The summed E-state index contributed by atoms with van der Waals surface area (Å²) in [4.78, 5) is 0.664. The lowest BCUT2D eigenvalue weighted by atomic mass is 9.96. The van der Waals surface area contributed by atoms with Crippen molar-refractivity contribution in [2.75, 3.05) is 0 Å². The van der Waals surface area contributed by atoms with Crippen molar-refractivity contribution in [2.24, 2.45) is 0 Å². The monoisotopic (exact) mass is 254 g/mol. The van der Waals surface area contributed by atoms with Gasteiger partial charge in [-0.25, -0.2) is 0 Å². The van der Waals surface area contributed by atoms with E-state index in [0.29, 0.717) is 10.9 Å². The Morgan fingerprint density at radius 3 is 2.64 bits per heavy atom. The van der Waals surface area contributed by atoms with E-state index in [-0.39, 0.29) is 0 Å². The first-order chi connectivity index (χ1) is 6.65. The van der Waals surface area contributed by atoms with Crippen molar-refractivity contribution in [1.29, 1.82) is 0 Å². The predicted octanol–water partition coefficient (Wildman–Crippen LogP) is 3.61. The molecule has 0 aromatic heterocycles. The van der Waals surface area contributed by atoms with Crippen LogP contribution < -0.4 is 4.74 Å². The third-order valence-corrected chi connectivity index (χ3v) is 3.42. The van der Waals surface area contributed by atoms with Gasteiger partial charge in [0.25, 0.3) is 0 Å². The van der Waals surface area contributed by atoms with Gasteiger partial charge in [-0.2, -0.15) is 0 Å². The predicted molar refractivity (Wildman–Crippen MR) is 62.3 cm³/mol. The van der Waals surface area contributed by atoms with Crippen LogP contribution in [0.3, 0.4) is 0 Å². The van der Waals surface area contributed by atoms with E-state index >= 15 is 0 Å². The van der Waals surface area contributed by atoms with Gasteiger partial charge in [0, 0.05) is 4.83 Å². The van der Waals surface area contributed by atoms with Crippen LogP contribution in [0.1, 0.15) is 24.0 Å². The van der Waals surface area contributed by atoms with E-state index in [2.05, 4.69) is 48.0 Å². The Labute approximate surface area is 93.6 Å². The summed E-state index contributed by atoms with van der Waals surface area (Å²) >= 11 is 3.57. The summed E-state index contributed by atoms with van der Waals surface area (Å²) in [5.41, 5.74) is 2.49. The van der Waals surface area contributed by atoms with Gasteiger partial charge in [-0.05, 0) is 43.9 Å². The fourth-order valence-corrected chi connectivity index (χ4v) is 2.45. The van der Waals surface area contributed by atoms with Crippen LogP contribution in [0.4, 0.5) is 0 Å². The van der Waals surface area contributed by atoms with Crippen molar-refractivity contribution in [1.82, 2.24) is 0 Å². The largest absolute Gasteiger partial charge is 0.490 e. The summed E-state index contributed by atoms with van der Waals surface area (Å²) in [5, 5.41) is 0. The SMILES string of the molecule is Cc1ccc(C)c(OC2CC(Br)C2)c1. The fraction of sp³-hybridized carbons (Fsp3) is 0.500. The van der Waals surface area contributed by atoms with E-state index < -0.39 is 0 Å². The normalized spacial score (nSPS) is 25.6. The van der Waals surface area contributed by atoms with Crippen LogP contribution in [-0.4, -0.2) is 10.9 Å². The molecular formula is C12H15BrO. The first kappa shape index (κ1) is 10.0. The summed E-state index contributed by atoms with van der Waals surface area (Å²) in [6, 6.07) is 6.36. The van der Waals surface area contributed by atoms with Gasteiger partial charge in [-0.3, -0.25) is 0 Å². The van der Waals surface area contributed by atoms with Crippen molar-refractivity contribution in [3.63, 3.8) is 0 Å². The summed E-state index contributed by atoms with van der Waals surface area (Å²) in [7, 11) is 0. The van der Waals surface area contributed by atoms with E-state index in [0.717, 1.165) is 18.6 Å². The van der Waals surface area contributed by atoms with E-state index in [4.69, 9.17) is 4.74 Å². The molecule has 0 N–H and O–H groups in total. The van der Waals surface area contributed by atoms with Gasteiger partial charge in [0.15, 0.2) is 0 Å². The number of halogens is 1. The van der Waals surface area contributed by atoms with Gasteiger partial charge in [0.1, 0.15) is 11.9 Å².